The molecular weight excluding hydrogens is 325 g/mol. The van der Waals surface area contributed by atoms with Gasteiger partial charge in [-0.15, -0.1) is 6.58 Å². The van der Waals surface area contributed by atoms with Crippen molar-refractivity contribution in [3.63, 3.8) is 0 Å². The largest absolute Gasteiger partial charge is 2.00 e. The Kier molecular flexibility index (Phi) is 6.31. The summed E-state index contributed by atoms with van der Waals surface area (Å²) < 4.78 is 30.5. The van der Waals surface area contributed by atoms with E-state index in [0.29, 0.717) is 12.0 Å². The SMILES string of the molecule is C=CCc1ccccc1S(=O)(=O)O.[Ba+2].[H-].[H-]. The standard InChI is InChI=1S/C9H10O3S.Ba.2H/c1-2-5-8-6-3-4-7-9(8)13(10,11)12;;;/h2-4,6-7H,1,5H2,(H,10,11,12);;;/q;+2;2*-1. The van der Waals surface area contributed by atoms with Crippen molar-refractivity contribution in [1.82, 2.24) is 0 Å². The predicted molar refractivity (Wildman–Crippen MR) is 58.1 cm³/mol. The van der Waals surface area contributed by atoms with Crippen LogP contribution in [-0.4, -0.2) is 61.9 Å². The molecule has 1 N–H and O–H groups in total. The molecule has 74 valence electrons. The zero-order valence-corrected chi connectivity index (χ0v) is 12.9. The van der Waals surface area contributed by atoms with Gasteiger partial charge in [0, 0.05) is 0 Å². The molecule has 0 saturated carbocycles. The van der Waals surface area contributed by atoms with Crippen LogP contribution in [0.3, 0.4) is 0 Å². The molecule has 0 spiro atoms. The molecule has 0 heterocycles. The van der Waals surface area contributed by atoms with Crippen LogP contribution in [0.4, 0.5) is 0 Å². The van der Waals surface area contributed by atoms with E-state index in [9.17, 15) is 8.42 Å². The molecule has 0 fully saturated rings. The van der Waals surface area contributed by atoms with Crippen LogP contribution in [0.25, 0.3) is 0 Å². The third-order valence-corrected chi connectivity index (χ3v) is 2.57. The first kappa shape index (κ1) is 14.4. The van der Waals surface area contributed by atoms with Crippen molar-refractivity contribution in [1.29, 1.82) is 0 Å². The van der Waals surface area contributed by atoms with Crippen molar-refractivity contribution in [3.05, 3.63) is 42.5 Å². The van der Waals surface area contributed by atoms with Crippen LogP contribution < -0.4 is 0 Å². The minimum Gasteiger partial charge on any atom is -1.00 e. The Morgan fingerprint density at radius 3 is 2.50 bits per heavy atom. The van der Waals surface area contributed by atoms with E-state index in [1.165, 1.54) is 6.07 Å². The number of hydrogen-bond donors (Lipinski definition) is 1. The molecule has 0 aliphatic heterocycles. The Morgan fingerprint density at radius 1 is 1.43 bits per heavy atom. The summed E-state index contributed by atoms with van der Waals surface area (Å²) in [7, 11) is -4.10. The van der Waals surface area contributed by atoms with Crippen LogP contribution in [0.1, 0.15) is 8.42 Å². The average molecular weight is 338 g/mol. The maximum absolute atomic E-state index is 10.8. The molecule has 0 bridgehead atoms. The predicted octanol–water partition coefficient (Wildman–Crippen LogP) is 1.51. The van der Waals surface area contributed by atoms with Gasteiger partial charge < -0.3 is 2.85 Å². The molecule has 5 heteroatoms. The second kappa shape index (κ2) is 6.12. The van der Waals surface area contributed by atoms with E-state index < -0.39 is 10.1 Å². The summed E-state index contributed by atoms with van der Waals surface area (Å²) in [4.78, 5) is -0.0464. The summed E-state index contributed by atoms with van der Waals surface area (Å²) in [6.07, 6.45) is 2.01. The normalized spacial score (nSPS) is 10.4. The molecule has 0 aromatic heterocycles. The molecular formula is C9H12BaO3S. The van der Waals surface area contributed by atoms with Crippen LogP contribution in [0.2, 0.25) is 0 Å². The number of rotatable bonds is 3. The van der Waals surface area contributed by atoms with E-state index in [1.54, 1.807) is 24.3 Å². The second-order valence-corrected chi connectivity index (χ2v) is 3.97. The van der Waals surface area contributed by atoms with E-state index >= 15 is 0 Å². The smallest absolute Gasteiger partial charge is 1.00 e. The van der Waals surface area contributed by atoms with Gasteiger partial charge in [-0.25, -0.2) is 0 Å². The third kappa shape index (κ3) is 3.90. The molecule has 0 aliphatic rings. The summed E-state index contributed by atoms with van der Waals surface area (Å²) in [6, 6.07) is 6.29. The van der Waals surface area contributed by atoms with Gasteiger partial charge in [0.2, 0.25) is 0 Å². The molecule has 3 nitrogen and oxygen atoms in total. The zero-order chi connectivity index (χ0) is 9.90. The fourth-order valence-electron chi connectivity index (χ4n) is 1.08. The minimum atomic E-state index is -4.10. The topological polar surface area (TPSA) is 54.4 Å². The maximum atomic E-state index is 10.8. The van der Waals surface area contributed by atoms with Gasteiger partial charge in [0.05, 0.1) is 4.90 Å². The summed E-state index contributed by atoms with van der Waals surface area (Å²) in [5.74, 6) is 0. The van der Waals surface area contributed by atoms with E-state index in [2.05, 4.69) is 6.58 Å². The van der Waals surface area contributed by atoms with Crippen LogP contribution in [0, 0.1) is 0 Å². The summed E-state index contributed by atoms with van der Waals surface area (Å²) in [5, 5.41) is 0. The van der Waals surface area contributed by atoms with Crippen molar-refractivity contribution in [2.75, 3.05) is 0 Å². The Labute approximate surface area is 127 Å². The van der Waals surface area contributed by atoms with E-state index in [1.807, 2.05) is 0 Å². The van der Waals surface area contributed by atoms with Gasteiger partial charge in [0.15, 0.2) is 0 Å². The van der Waals surface area contributed by atoms with Crippen LogP contribution in [0.5, 0.6) is 0 Å². The van der Waals surface area contributed by atoms with Gasteiger partial charge in [0.1, 0.15) is 0 Å². The maximum Gasteiger partial charge on any atom is 2.00 e. The number of allylic oxidation sites excluding steroid dienone is 1. The Hall–Kier alpha value is 0.441. The Balaban J connectivity index is -0.000000563. The van der Waals surface area contributed by atoms with Crippen molar-refractivity contribution in [2.45, 2.75) is 11.3 Å². The molecule has 0 amide bonds. The van der Waals surface area contributed by atoms with Gasteiger partial charge in [0.25, 0.3) is 10.1 Å². The van der Waals surface area contributed by atoms with Gasteiger partial charge in [-0.05, 0) is 18.1 Å². The zero-order valence-electron chi connectivity index (χ0n) is 9.68. The van der Waals surface area contributed by atoms with Crippen molar-refractivity contribution in [2.24, 2.45) is 0 Å². The quantitative estimate of drug-likeness (QED) is 0.517. The summed E-state index contributed by atoms with van der Waals surface area (Å²) in [6.45, 7) is 3.50. The first-order chi connectivity index (χ1) is 6.05. The first-order valence-corrected chi connectivity index (χ1v) is 5.16. The van der Waals surface area contributed by atoms with E-state index in [0.717, 1.165) is 0 Å². The van der Waals surface area contributed by atoms with Crippen molar-refractivity contribution < 1.29 is 15.8 Å². The molecule has 0 aliphatic carbocycles. The molecule has 0 atom stereocenters. The molecule has 1 rings (SSSR count). The van der Waals surface area contributed by atoms with E-state index in [4.69, 9.17) is 4.55 Å². The van der Waals surface area contributed by atoms with Crippen LogP contribution in [-0.2, 0) is 16.5 Å². The average Bonchev–Trinajstić information content (AvgIpc) is 2.04. The monoisotopic (exact) mass is 338 g/mol. The van der Waals surface area contributed by atoms with Gasteiger partial charge in [-0.3, -0.25) is 4.55 Å². The number of hydrogen-bond acceptors (Lipinski definition) is 2. The Bertz CT molecular complexity index is 421. The first-order valence-electron chi connectivity index (χ1n) is 3.72. The minimum absolute atomic E-state index is 0. The second-order valence-electron chi connectivity index (χ2n) is 2.58. The molecule has 0 saturated heterocycles. The molecule has 1 aromatic carbocycles. The van der Waals surface area contributed by atoms with Gasteiger partial charge in [-0.2, -0.15) is 8.42 Å². The summed E-state index contributed by atoms with van der Waals surface area (Å²) in [5.41, 5.74) is 0.556. The Morgan fingerprint density at radius 2 is 2.00 bits per heavy atom. The van der Waals surface area contributed by atoms with Crippen LogP contribution in [0.15, 0.2) is 41.8 Å². The van der Waals surface area contributed by atoms with Crippen molar-refractivity contribution >= 4 is 59.0 Å². The van der Waals surface area contributed by atoms with Gasteiger partial charge >= 0.3 is 48.9 Å². The molecule has 0 radical (unpaired) electrons. The van der Waals surface area contributed by atoms with Crippen LogP contribution >= 0.6 is 0 Å². The summed E-state index contributed by atoms with van der Waals surface area (Å²) >= 11 is 0. The van der Waals surface area contributed by atoms with E-state index in [-0.39, 0.29) is 56.6 Å². The third-order valence-electron chi connectivity index (χ3n) is 1.61. The van der Waals surface area contributed by atoms with Gasteiger partial charge in [-0.1, -0.05) is 24.3 Å². The van der Waals surface area contributed by atoms with Crippen molar-refractivity contribution in [3.8, 4) is 0 Å². The fourth-order valence-corrected chi connectivity index (χ4v) is 1.81. The molecule has 1 aromatic rings. The number of benzene rings is 1. The fraction of sp³-hybridized carbons (Fsp3) is 0.111. The molecule has 0 unspecified atom stereocenters. The molecule has 14 heavy (non-hydrogen) atoms.